The molecule has 0 aliphatic carbocycles. The molecule has 1 aromatic rings. The van der Waals surface area contributed by atoms with Gasteiger partial charge in [0, 0.05) is 24.5 Å². The van der Waals surface area contributed by atoms with Crippen LogP contribution in [0.15, 0.2) is 30.9 Å². The molecule has 1 rings (SSSR count). The molecule has 5 nitrogen and oxygen atoms in total. The molecule has 0 aliphatic rings. The van der Waals surface area contributed by atoms with Crippen LogP contribution in [0.2, 0.25) is 5.02 Å². The van der Waals surface area contributed by atoms with Crippen LogP contribution < -0.4 is 5.32 Å². The molecule has 24 heavy (non-hydrogen) atoms. The Morgan fingerprint density at radius 3 is 2.54 bits per heavy atom. The smallest absolute Gasteiger partial charge is 0.325 e. The number of sulfonamides is 1. The summed E-state index contributed by atoms with van der Waals surface area (Å²) in [5.41, 5.74) is -1.51. The van der Waals surface area contributed by atoms with E-state index >= 15 is 0 Å². The molecule has 0 fully saturated rings. The molecule has 0 radical (unpaired) electrons. The number of rotatable bonds is 7. The van der Waals surface area contributed by atoms with Gasteiger partial charge in [-0.2, -0.15) is 17.5 Å². The minimum Gasteiger partial charge on any atom is -0.325 e. The lowest BCUT2D eigenvalue weighted by molar-refractivity contribution is -0.137. The summed E-state index contributed by atoms with van der Waals surface area (Å²) >= 11 is 5.55. The van der Waals surface area contributed by atoms with E-state index in [-0.39, 0.29) is 24.5 Å². The van der Waals surface area contributed by atoms with Crippen molar-refractivity contribution >= 4 is 33.2 Å². The number of carbonyl (C=O) groups is 1. The van der Waals surface area contributed by atoms with Crippen LogP contribution in [0, 0.1) is 0 Å². The van der Waals surface area contributed by atoms with Crippen molar-refractivity contribution in [3.05, 3.63) is 41.4 Å². The van der Waals surface area contributed by atoms with E-state index in [1.54, 1.807) is 0 Å². The van der Waals surface area contributed by atoms with Crippen molar-refractivity contribution in [2.75, 3.05) is 24.7 Å². The summed E-state index contributed by atoms with van der Waals surface area (Å²) < 4.78 is 62.8. The summed E-state index contributed by atoms with van der Waals surface area (Å²) in [5.74, 6) is -0.750. The van der Waals surface area contributed by atoms with E-state index in [1.807, 2.05) is 0 Å². The first-order valence-corrected chi connectivity index (χ1v) is 8.90. The van der Waals surface area contributed by atoms with Gasteiger partial charge in [-0.25, -0.2) is 8.42 Å². The summed E-state index contributed by atoms with van der Waals surface area (Å²) in [5, 5.41) is 2.01. The standard InChI is InChI=1S/C14H16ClF3N2O3S/c1-3-7-20(24(2,22)23)8-6-13(21)19-12-5-4-10(15)9-11(12)14(16,17)18/h3-5,9H,1,6-8H2,2H3,(H,19,21). The summed E-state index contributed by atoms with van der Waals surface area (Å²) in [6, 6.07) is 2.96. The van der Waals surface area contributed by atoms with Crippen molar-refractivity contribution in [3.63, 3.8) is 0 Å². The Morgan fingerprint density at radius 1 is 1.42 bits per heavy atom. The van der Waals surface area contributed by atoms with Crippen LogP contribution in [-0.2, 0) is 21.0 Å². The fourth-order valence-corrected chi connectivity index (χ4v) is 2.81. The van der Waals surface area contributed by atoms with E-state index in [0.29, 0.717) is 6.07 Å². The zero-order chi connectivity index (χ0) is 18.5. The van der Waals surface area contributed by atoms with Crippen molar-refractivity contribution in [3.8, 4) is 0 Å². The highest BCUT2D eigenvalue weighted by atomic mass is 35.5. The van der Waals surface area contributed by atoms with E-state index in [0.717, 1.165) is 16.6 Å². The molecule has 1 N–H and O–H groups in total. The Bertz CT molecular complexity index is 720. The third-order valence-corrected chi connectivity index (χ3v) is 4.46. The van der Waals surface area contributed by atoms with Gasteiger partial charge in [-0.05, 0) is 18.2 Å². The van der Waals surface area contributed by atoms with Crippen molar-refractivity contribution < 1.29 is 26.4 Å². The molecule has 0 heterocycles. The first-order chi connectivity index (χ1) is 10.9. The normalized spacial score (nSPS) is 12.2. The van der Waals surface area contributed by atoms with E-state index in [9.17, 15) is 26.4 Å². The lowest BCUT2D eigenvalue weighted by Gasteiger charge is -2.18. The average molecular weight is 385 g/mol. The van der Waals surface area contributed by atoms with E-state index < -0.39 is 33.4 Å². The zero-order valence-corrected chi connectivity index (χ0v) is 14.3. The van der Waals surface area contributed by atoms with Crippen molar-refractivity contribution in [2.45, 2.75) is 12.6 Å². The van der Waals surface area contributed by atoms with Crippen molar-refractivity contribution in [1.82, 2.24) is 4.31 Å². The van der Waals surface area contributed by atoms with E-state index in [4.69, 9.17) is 11.6 Å². The number of halogens is 4. The van der Waals surface area contributed by atoms with Crippen LogP contribution in [0.5, 0.6) is 0 Å². The minimum atomic E-state index is -4.69. The molecular formula is C14H16ClF3N2O3S. The van der Waals surface area contributed by atoms with Gasteiger partial charge < -0.3 is 5.32 Å². The number of alkyl halides is 3. The monoisotopic (exact) mass is 384 g/mol. The molecule has 134 valence electrons. The fourth-order valence-electron chi connectivity index (χ4n) is 1.84. The maximum Gasteiger partial charge on any atom is 0.418 e. The van der Waals surface area contributed by atoms with E-state index in [2.05, 4.69) is 11.9 Å². The Balaban J connectivity index is 2.84. The number of amides is 1. The molecule has 0 saturated carbocycles. The SMILES string of the molecule is C=CCN(CCC(=O)Nc1ccc(Cl)cc1C(F)(F)F)S(C)(=O)=O. The number of carbonyl (C=O) groups excluding carboxylic acids is 1. The van der Waals surface area contributed by atoms with Crippen LogP contribution in [0.25, 0.3) is 0 Å². The lowest BCUT2D eigenvalue weighted by Crippen LogP contribution is -2.33. The maximum absolute atomic E-state index is 12.9. The third-order valence-electron chi connectivity index (χ3n) is 2.95. The molecular weight excluding hydrogens is 369 g/mol. The lowest BCUT2D eigenvalue weighted by atomic mass is 10.1. The number of benzene rings is 1. The highest BCUT2D eigenvalue weighted by molar-refractivity contribution is 7.88. The number of hydrogen-bond donors (Lipinski definition) is 1. The quantitative estimate of drug-likeness (QED) is 0.734. The largest absolute Gasteiger partial charge is 0.418 e. The summed E-state index contributed by atoms with van der Waals surface area (Å²) in [6.07, 6.45) is -2.68. The maximum atomic E-state index is 12.9. The van der Waals surface area contributed by atoms with Gasteiger partial charge in [0.15, 0.2) is 0 Å². The Kier molecular flexibility index (Phi) is 6.82. The number of hydrogen-bond acceptors (Lipinski definition) is 3. The van der Waals surface area contributed by atoms with Crippen molar-refractivity contribution in [2.24, 2.45) is 0 Å². The Labute approximate surface area is 143 Å². The van der Waals surface area contributed by atoms with Crippen LogP contribution >= 0.6 is 11.6 Å². The van der Waals surface area contributed by atoms with Gasteiger partial charge in [0.2, 0.25) is 15.9 Å². The molecule has 0 aromatic heterocycles. The topological polar surface area (TPSA) is 66.5 Å². The van der Waals surface area contributed by atoms with Crippen LogP contribution in [-0.4, -0.2) is 38.0 Å². The predicted octanol–water partition coefficient (Wildman–Crippen LogP) is 3.14. The van der Waals surface area contributed by atoms with E-state index in [1.165, 1.54) is 12.1 Å². The fraction of sp³-hybridized carbons (Fsp3) is 0.357. The Hall–Kier alpha value is -1.58. The zero-order valence-electron chi connectivity index (χ0n) is 12.7. The number of anilines is 1. The molecule has 1 aromatic carbocycles. The number of nitrogens with one attached hydrogen (secondary N) is 1. The summed E-state index contributed by atoms with van der Waals surface area (Å²) in [6.45, 7) is 3.24. The Morgan fingerprint density at radius 2 is 2.04 bits per heavy atom. The molecule has 10 heteroatoms. The first-order valence-electron chi connectivity index (χ1n) is 6.67. The molecule has 0 atom stereocenters. The van der Waals surface area contributed by atoms with Crippen LogP contribution in [0.4, 0.5) is 18.9 Å². The van der Waals surface area contributed by atoms with Crippen LogP contribution in [0.1, 0.15) is 12.0 Å². The second-order valence-electron chi connectivity index (χ2n) is 4.90. The number of nitrogens with zero attached hydrogens (tertiary/aromatic N) is 1. The molecule has 0 spiro atoms. The summed E-state index contributed by atoms with van der Waals surface area (Å²) in [7, 11) is -3.55. The van der Waals surface area contributed by atoms with Gasteiger partial charge in [-0.1, -0.05) is 17.7 Å². The van der Waals surface area contributed by atoms with Gasteiger partial charge >= 0.3 is 6.18 Å². The van der Waals surface area contributed by atoms with Gasteiger partial charge in [0.05, 0.1) is 17.5 Å². The molecule has 0 unspecified atom stereocenters. The first kappa shape index (κ1) is 20.5. The summed E-state index contributed by atoms with van der Waals surface area (Å²) in [4.78, 5) is 11.9. The highest BCUT2D eigenvalue weighted by Crippen LogP contribution is 2.36. The molecule has 0 bridgehead atoms. The molecule has 1 amide bonds. The van der Waals surface area contributed by atoms with Gasteiger partial charge in [0.1, 0.15) is 0 Å². The minimum absolute atomic E-state index is 0.000853. The third kappa shape index (κ3) is 6.14. The van der Waals surface area contributed by atoms with Gasteiger partial charge in [0.25, 0.3) is 0 Å². The van der Waals surface area contributed by atoms with Gasteiger partial charge in [-0.15, -0.1) is 6.58 Å². The molecule has 0 saturated heterocycles. The highest BCUT2D eigenvalue weighted by Gasteiger charge is 2.34. The average Bonchev–Trinajstić information content (AvgIpc) is 2.43. The van der Waals surface area contributed by atoms with Gasteiger partial charge in [-0.3, -0.25) is 4.79 Å². The predicted molar refractivity (Wildman–Crippen MR) is 86.3 cm³/mol. The second kappa shape index (κ2) is 8.00. The molecule has 0 aliphatic heterocycles. The van der Waals surface area contributed by atoms with Crippen LogP contribution in [0.3, 0.4) is 0 Å². The second-order valence-corrected chi connectivity index (χ2v) is 7.31. The van der Waals surface area contributed by atoms with Crippen molar-refractivity contribution in [1.29, 1.82) is 0 Å².